The molecular formula is C21H21ClN2O2. The second kappa shape index (κ2) is 6.13. The van der Waals surface area contributed by atoms with Crippen LogP contribution in [-0.2, 0) is 16.8 Å². The lowest BCUT2D eigenvalue weighted by Crippen LogP contribution is -2.51. The normalized spacial score (nSPS) is 22.0. The molecule has 0 N–H and O–H groups in total. The average Bonchev–Trinajstić information content (AvgIpc) is 2.84. The Morgan fingerprint density at radius 2 is 1.77 bits per heavy atom. The van der Waals surface area contributed by atoms with E-state index >= 15 is 0 Å². The van der Waals surface area contributed by atoms with E-state index in [1.165, 1.54) is 4.90 Å². The monoisotopic (exact) mass is 368 g/mol. The molecule has 0 aromatic heterocycles. The molecule has 1 saturated heterocycles. The predicted octanol–water partition coefficient (Wildman–Crippen LogP) is 4.06. The summed E-state index contributed by atoms with van der Waals surface area (Å²) < 4.78 is 0. The number of hydrogen-bond acceptors (Lipinski definition) is 2. The van der Waals surface area contributed by atoms with E-state index < -0.39 is 5.54 Å². The largest absolute Gasteiger partial charge is 0.328 e. The Kier molecular flexibility index (Phi) is 4.03. The van der Waals surface area contributed by atoms with Gasteiger partial charge in [0.15, 0.2) is 5.54 Å². The smallest absolute Gasteiger partial charge is 0.301 e. The summed E-state index contributed by atoms with van der Waals surface area (Å²) >= 11 is 6.08. The van der Waals surface area contributed by atoms with Crippen molar-refractivity contribution in [2.75, 3.05) is 13.1 Å². The minimum atomic E-state index is -1.09. The van der Waals surface area contributed by atoms with Crippen LogP contribution < -0.4 is 0 Å². The number of carbonyl (C=O) groups excluding carboxylic acids is 2. The molecule has 0 spiro atoms. The summed E-state index contributed by atoms with van der Waals surface area (Å²) in [7, 11) is 0. The molecule has 0 radical (unpaired) electrons. The van der Waals surface area contributed by atoms with Crippen LogP contribution >= 0.6 is 11.6 Å². The van der Waals surface area contributed by atoms with E-state index in [-0.39, 0.29) is 17.9 Å². The molecule has 0 aliphatic carbocycles. The lowest BCUT2D eigenvalue weighted by atomic mass is 9.76. The highest BCUT2D eigenvalue weighted by Crippen LogP contribution is 2.47. The third-order valence-electron chi connectivity index (χ3n) is 5.24. The fraction of sp³-hybridized carbons (Fsp3) is 0.333. The van der Waals surface area contributed by atoms with Gasteiger partial charge in [0.05, 0.1) is 0 Å². The van der Waals surface area contributed by atoms with Crippen LogP contribution in [0.2, 0.25) is 5.02 Å². The molecule has 4 rings (SSSR count). The first-order chi connectivity index (χ1) is 12.5. The van der Waals surface area contributed by atoms with Gasteiger partial charge in [-0.2, -0.15) is 0 Å². The Bertz CT molecular complexity index is 878. The first-order valence-electron chi connectivity index (χ1n) is 8.94. The highest BCUT2D eigenvalue weighted by Gasteiger charge is 2.61. The van der Waals surface area contributed by atoms with Crippen molar-refractivity contribution in [2.45, 2.75) is 25.8 Å². The van der Waals surface area contributed by atoms with Crippen molar-refractivity contribution >= 4 is 23.5 Å². The number of carbonyl (C=O) groups is 2. The third-order valence-corrected chi connectivity index (χ3v) is 5.49. The van der Waals surface area contributed by atoms with E-state index in [1.807, 2.05) is 50.2 Å². The minimum Gasteiger partial charge on any atom is -0.301 e. The molecule has 1 fully saturated rings. The van der Waals surface area contributed by atoms with Crippen molar-refractivity contribution in [1.29, 1.82) is 0 Å². The fourth-order valence-corrected chi connectivity index (χ4v) is 4.31. The summed E-state index contributed by atoms with van der Waals surface area (Å²) in [6, 6.07) is 15.0. The second-order valence-electron chi connectivity index (χ2n) is 7.37. The van der Waals surface area contributed by atoms with Gasteiger partial charge in [-0.15, -0.1) is 0 Å². The molecule has 4 nitrogen and oxygen atoms in total. The SMILES string of the molecule is CC(C)CN1C(=O)N2CCc3ccccc3C2(c2ccc(Cl)cc2)C1=O. The Morgan fingerprint density at radius 3 is 2.46 bits per heavy atom. The Morgan fingerprint density at radius 1 is 1.08 bits per heavy atom. The maximum absolute atomic E-state index is 13.7. The van der Waals surface area contributed by atoms with E-state index in [0.29, 0.717) is 18.1 Å². The second-order valence-corrected chi connectivity index (χ2v) is 7.80. The van der Waals surface area contributed by atoms with Gasteiger partial charge in [0, 0.05) is 18.1 Å². The topological polar surface area (TPSA) is 40.6 Å². The standard InChI is InChI=1S/C21H21ClN2O2/c1-14(2)13-23-19(25)21(16-7-9-17(22)10-8-16)18-6-4-3-5-15(18)11-12-24(21)20(23)26/h3-10,14H,11-13H2,1-2H3. The molecule has 1 atom stereocenters. The lowest BCUT2D eigenvalue weighted by molar-refractivity contribution is -0.132. The van der Waals surface area contributed by atoms with Gasteiger partial charge in [0.2, 0.25) is 0 Å². The van der Waals surface area contributed by atoms with Crippen LogP contribution in [0.5, 0.6) is 0 Å². The summed E-state index contributed by atoms with van der Waals surface area (Å²) in [5, 5.41) is 0.608. The third kappa shape index (κ3) is 2.28. The Hall–Kier alpha value is -2.33. The number of hydrogen-bond donors (Lipinski definition) is 0. The number of nitrogens with zero attached hydrogens (tertiary/aromatic N) is 2. The van der Waals surface area contributed by atoms with Gasteiger partial charge in [-0.05, 0) is 41.2 Å². The van der Waals surface area contributed by atoms with Gasteiger partial charge >= 0.3 is 6.03 Å². The molecule has 1 unspecified atom stereocenters. The molecule has 0 bridgehead atoms. The van der Waals surface area contributed by atoms with Crippen LogP contribution in [0.15, 0.2) is 48.5 Å². The average molecular weight is 369 g/mol. The summed E-state index contributed by atoms with van der Waals surface area (Å²) in [6.07, 6.45) is 0.750. The van der Waals surface area contributed by atoms with Crippen LogP contribution in [0.25, 0.3) is 0 Å². The maximum atomic E-state index is 13.7. The molecule has 2 aromatic carbocycles. The molecule has 26 heavy (non-hydrogen) atoms. The number of imide groups is 1. The zero-order valence-corrected chi connectivity index (χ0v) is 15.7. The number of fused-ring (bicyclic) bond motifs is 3. The van der Waals surface area contributed by atoms with Crippen molar-refractivity contribution in [1.82, 2.24) is 9.80 Å². The van der Waals surface area contributed by atoms with Crippen LogP contribution in [-0.4, -0.2) is 34.8 Å². The predicted molar refractivity (Wildman–Crippen MR) is 101 cm³/mol. The first-order valence-corrected chi connectivity index (χ1v) is 9.32. The van der Waals surface area contributed by atoms with Gasteiger partial charge in [0.1, 0.15) is 0 Å². The van der Waals surface area contributed by atoms with E-state index in [4.69, 9.17) is 11.6 Å². The summed E-state index contributed by atoms with van der Waals surface area (Å²) in [6.45, 7) is 4.98. The van der Waals surface area contributed by atoms with Gasteiger partial charge in [0.25, 0.3) is 5.91 Å². The van der Waals surface area contributed by atoms with Crippen molar-refractivity contribution in [2.24, 2.45) is 5.92 Å². The zero-order valence-electron chi connectivity index (χ0n) is 14.9. The van der Waals surface area contributed by atoms with Gasteiger partial charge in [-0.3, -0.25) is 9.69 Å². The molecule has 5 heteroatoms. The highest BCUT2D eigenvalue weighted by molar-refractivity contribution is 6.30. The van der Waals surface area contributed by atoms with Gasteiger partial charge in [-0.1, -0.05) is 61.8 Å². The molecule has 134 valence electrons. The van der Waals surface area contributed by atoms with Crippen molar-refractivity contribution < 1.29 is 9.59 Å². The molecule has 2 aliphatic rings. The van der Waals surface area contributed by atoms with Crippen LogP contribution in [0.1, 0.15) is 30.5 Å². The van der Waals surface area contributed by atoms with Gasteiger partial charge < -0.3 is 4.90 Å². The lowest BCUT2D eigenvalue weighted by Gasteiger charge is -2.41. The number of halogens is 1. The van der Waals surface area contributed by atoms with Crippen LogP contribution in [0, 0.1) is 5.92 Å². The van der Waals surface area contributed by atoms with Crippen molar-refractivity contribution in [3.05, 3.63) is 70.2 Å². The Labute approximate surface area is 158 Å². The van der Waals surface area contributed by atoms with Crippen LogP contribution in [0.4, 0.5) is 4.79 Å². The summed E-state index contributed by atoms with van der Waals surface area (Å²) in [4.78, 5) is 30.0. The number of rotatable bonds is 3. The quantitative estimate of drug-likeness (QED) is 0.766. The molecule has 2 aliphatic heterocycles. The van der Waals surface area contributed by atoms with E-state index in [1.54, 1.807) is 17.0 Å². The molecule has 2 heterocycles. The number of amides is 3. The Balaban J connectivity index is 1.98. The molecule has 2 aromatic rings. The van der Waals surface area contributed by atoms with Crippen molar-refractivity contribution in [3.63, 3.8) is 0 Å². The molecular weight excluding hydrogens is 348 g/mol. The van der Waals surface area contributed by atoms with Gasteiger partial charge in [-0.25, -0.2) is 4.79 Å². The molecule has 0 saturated carbocycles. The zero-order chi connectivity index (χ0) is 18.5. The summed E-state index contributed by atoms with van der Waals surface area (Å²) in [5.74, 6) is 0.0486. The number of benzene rings is 2. The minimum absolute atomic E-state index is 0.161. The van der Waals surface area contributed by atoms with E-state index in [9.17, 15) is 9.59 Å². The summed E-state index contributed by atoms with van der Waals surface area (Å²) in [5.41, 5.74) is 1.72. The van der Waals surface area contributed by atoms with Crippen molar-refractivity contribution in [3.8, 4) is 0 Å². The van der Waals surface area contributed by atoms with E-state index in [0.717, 1.165) is 23.1 Å². The van der Waals surface area contributed by atoms with E-state index in [2.05, 4.69) is 0 Å². The first kappa shape index (κ1) is 17.1. The maximum Gasteiger partial charge on any atom is 0.328 e. The molecule has 3 amide bonds. The fourth-order valence-electron chi connectivity index (χ4n) is 4.19. The number of urea groups is 1. The van der Waals surface area contributed by atoms with Crippen LogP contribution in [0.3, 0.4) is 0 Å². The highest BCUT2D eigenvalue weighted by atomic mass is 35.5.